The molecule has 4 nitrogen and oxygen atoms in total. The molecular weight excluding hydrogens is 228 g/mol. The molecule has 100 valence electrons. The van der Waals surface area contributed by atoms with Gasteiger partial charge in [-0.2, -0.15) is 0 Å². The number of rotatable bonds is 2. The van der Waals surface area contributed by atoms with Gasteiger partial charge < -0.3 is 9.47 Å². The maximum Gasteiger partial charge on any atom is 0.186 e. The molecule has 4 heteroatoms. The van der Waals surface area contributed by atoms with Gasteiger partial charge in [0.15, 0.2) is 11.8 Å². The van der Waals surface area contributed by atoms with Crippen molar-refractivity contribution in [3.63, 3.8) is 0 Å². The Kier molecular flexibility index (Phi) is 3.81. The predicted octanol–water partition coefficient (Wildman–Crippen LogP) is 2.43. The van der Waals surface area contributed by atoms with Gasteiger partial charge in [0.2, 0.25) is 0 Å². The molecule has 0 aromatic carbocycles. The van der Waals surface area contributed by atoms with Crippen LogP contribution in [0.5, 0.6) is 0 Å². The van der Waals surface area contributed by atoms with E-state index in [0.717, 1.165) is 50.9 Å². The van der Waals surface area contributed by atoms with Crippen molar-refractivity contribution in [1.29, 1.82) is 0 Å². The van der Waals surface area contributed by atoms with Crippen LogP contribution in [0.3, 0.4) is 0 Å². The highest BCUT2D eigenvalue weighted by atomic mass is 16.5. The van der Waals surface area contributed by atoms with E-state index in [1.165, 1.54) is 25.7 Å². The highest BCUT2D eigenvalue weighted by Gasteiger charge is 2.30. The number of ether oxygens (including phenoxy) is 2. The van der Waals surface area contributed by atoms with Crippen LogP contribution in [0.1, 0.15) is 38.5 Å². The van der Waals surface area contributed by atoms with Crippen LogP contribution in [0, 0.1) is 11.8 Å². The van der Waals surface area contributed by atoms with Crippen LogP contribution in [0.2, 0.25) is 0 Å². The van der Waals surface area contributed by atoms with Crippen LogP contribution in [0.25, 0.3) is 0 Å². The second-order valence-electron chi connectivity index (χ2n) is 5.39. The van der Waals surface area contributed by atoms with Gasteiger partial charge in [0.1, 0.15) is 0 Å². The Morgan fingerprint density at radius 3 is 1.50 bits per heavy atom. The summed E-state index contributed by atoms with van der Waals surface area (Å²) >= 11 is 0. The van der Waals surface area contributed by atoms with Crippen molar-refractivity contribution >= 4 is 11.8 Å². The van der Waals surface area contributed by atoms with Crippen LogP contribution in [-0.4, -0.2) is 38.1 Å². The van der Waals surface area contributed by atoms with E-state index in [4.69, 9.17) is 9.47 Å². The van der Waals surface area contributed by atoms with Gasteiger partial charge in [-0.1, -0.05) is 0 Å². The summed E-state index contributed by atoms with van der Waals surface area (Å²) < 4.78 is 11.4. The first kappa shape index (κ1) is 12.0. The number of hydrogen-bond donors (Lipinski definition) is 0. The van der Waals surface area contributed by atoms with E-state index in [-0.39, 0.29) is 0 Å². The minimum Gasteiger partial charge on any atom is -0.481 e. The molecule has 0 atom stereocenters. The average Bonchev–Trinajstić information content (AvgIpc) is 2.49. The molecule has 0 spiro atoms. The quantitative estimate of drug-likeness (QED) is 0.755. The first-order chi connectivity index (χ1) is 8.93. The van der Waals surface area contributed by atoms with Gasteiger partial charge in [0.05, 0.1) is 13.2 Å². The lowest BCUT2D eigenvalue weighted by atomic mass is 9.81. The molecule has 2 aliphatic heterocycles. The van der Waals surface area contributed by atoms with Crippen LogP contribution in [0.4, 0.5) is 0 Å². The largest absolute Gasteiger partial charge is 0.481 e. The smallest absolute Gasteiger partial charge is 0.186 e. The molecule has 3 aliphatic rings. The van der Waals surface area contributed by atoms with Crippen LogP contribution < -0.4 is 0 Å². The third-order valence-corrected chi connectivity index (χ3v) is 4.07. The van der Waals surface area contributed by atoms with E-state index in [1.807, 2.05) is 0 Å². The van der Waals surface area contributed by atoms with Gasteiger partial charge in [-0.3, -0.25) is 9.98 Å². The maximum atomic E-state index is 5.69. The summed E-state index contributed by atoms with van der Waals surface area (Å²) in [6, 6.07) is 0. The predicted molar refractivity (Wildman–Crippen MR) is 71.2 cm³/mol. The number of hydrogen-bond acceptors (Lipinski definition) is 4. The fraction of sp³-hybridized carbons (Fsp3) is 0.857. The Balaban J connectivity index is 1.54. The van der Waals surface area contributed by atoms with Crippen molar-refractivity contribution in [3.05, 3.63) is 0 Å². The van der Waals surface area contributed by atoms with Crippen molar-refractivity contribution in [2.45, 2.75) is 38.5 Å². The number of nitrogens with zero attached hydrogens (tertiary/aromatic N) is 2. The molecular formula is C14H22N2O2. The summed E-state index contributed by atoms with van der Waals surface area (Å²) in [6.07, 6.45) is 6.84. The van der Waals surface area contributed by atoms with Gasteiger partial charge in [0.25, 0.3) is 0 Å². The summed E-state index contributed by atoms with van der Waals surface area (Å²) in [5.41, 5.74) is 0. The third-order valence-electron chi connectivity index (χ3n) is 4.07. The van der Waals surface area contributed by atoms with Gasteiger partial charge in [-0.25, -0.2) is 0 Å². The lowest BCUT2D eigenvalue weighted by Gasteiger charge is -2.31. The molecule has 0 saturated heterocycles. The topological polar surface area (TPSA) is 43.2 Å². The molecule has 1 saturated carbocycles. The SMILES string of the molecule is C1CN=C(C2CCC(C3=NCCCO3)CC2)OC1. The minimum absolute atomic E-state index is 0.547. The Hall–Kier alpha value is -1.06. The molecule has 0 bridgehead atoms. The maximum absolute atomic E-state index is 5.69. The van der Waals surface area contributed by atoms with Crippen molar-refractivity contribution in [3.8, 4) is 0 Å². The second-order valence-corrected chi connectivity index (χ2v) is 5.39. The van der Waals surface area contributed by atoms with Crippen LogP contribution in [0.15, 0.2) is 9.98 Å². The van der Waals surface area contributed by atoms with E-state index in [9.17, 15) is 0 Å². The Bertz CT molecular complexity index is 310. The van der Waals surface area contributed by atoms with Gasteiger partial charge in [-0.15, -0.1) is 0 Å². The fourth-order valence-electron chi connectivity index (χ4n) is 3.03. The van der Waals surface area contributed by atoms with E-state index < -0.39 is 0 Å². The first-order valence-corrected chi connectivity index (χ1v) is 7.28. The zero-order chi connectivity index (χ0) is 12.2. The number of aliphatic imine (C=N–C) groups is 2. The summed E-state index contributed by atoms with van der Waals surface area (Å²) in [5.74, 6) is 3.13. The van der Waals surface area contributed by atoms with E-state index in [1.54, 1.807) is 0 Å². The fourth-order valence-corrected chi connectivity index (χ4v) is 3.03. The first-order valence-electron chi connectivity index (χ1n) is 7.28. The summed E-state index contributed by atoms with van der Waals surface area (Å²) in [6.45, 7) is 3.61. The van der Waals surface area contributed by atoms with E-state index >= 15 is 0 Å². The zero-order valence-corrected chi connectivity index (χ0v) is 10.9. The monoisotopic (exact) mass is 250 g/mol. The molecule has 1 fully saturated rings. The van der Waals surface area contributed by atoms with E-state index in [0.29, 0.717) is 11.8 Å². The Morgan fingerprint density at radius 2 is 1.17 bits per heavy atom. The summed E-state index contributed by atoms with van der Waals surface area (Å²) in [7, 11) is 0. The van der Waals surface area contributed by atoms with Crippen molar-refractivity contribution in [2.75, 3.05) is 26.3 Å². The Morgan fingerprint density at radius 1 is 0.722 bits per heavy atom. The van der Waals surface area contributed by atoms with Crippen molar-refractivity contribution in [2.24, 2.45) is 21.8 Å². The molecule has 0 N–H and O–H groups in total. The van der Waals surface area contributed by atoms with E-state index in [2.05, 4.69) is 9.98 Å². The van der Waals surface area contributed by atoms with Crippen molar-refractivity contribution in [1.82, 2.24) is 0 Å². The molecule has 0 radical (unpaired) electrons. The highest BCUT2D eigenvalue weighted by molar-refractivity contribution is 5.81. The second kappa shape index (κ2) is 5.72. The highest BCUT2D eigenvalue weighted by Crippen LogP contribution is 2.32. The normalized spacial score (nSPS) is 32.9. The summed E-state index contributed by atoms with van der Waals surface area (Å²) in [5, 5.41) is 0. The molecule has 0 unspecified atom stereocenters. The summed E-state index contributed by atoms with van der Waals surface area (Å²) in [4.78, 5) is 9.05. The van der Waals surface area contributed by atoms with Crippen LogP contribution >= 0.6 is 0 Å². The molecule has 2 heterocycles. The molecule has 0 aromatic heterocycles. The molecule has 1 aliphatic carbocycles. The molecule has 0 amide bonds. The molecule has 18 heavy (non-hydrogen) atoms. The molecule has 0 aromatic rings. The lowest BCUT2D eigenvalue weighted by Crippen LogP contribution is -2.31. The van der Waals surface area contributed by atoms with Gasteiger partial charge in [0, 0.05) is 37.8 Å². The van der Waals surface area contributed by atoms with Crippen molar-refractivity contribution < 1.29 is 9.47 Å². The Labute approximate surface area is 108 Å². The average molecular weight is 250 g/mol. The third kappa shape index (κ3) is 2.68. The molecule has 3 rings (SSSR count). The van der Waals surface area contributed by atoms with Gasteiger partial charge >= 0.3 is 0 Å². The zero-order valence-electron chi connectivity index (χ0n) is 10.9. The minimum atomic E-state index is 0.547. The lowest BCUT2D eigenvalue weighted by molar-refractivity contribution is 0.217. The van der Waals surface area contributed by atoms with Crippen LogP contribution in [-0.2, 0) is 9.47 Å². The standard InChI is InChI=1S/C14H22N2O2/c1-7-15-13(17-9-1)11-3-5-12(6-4-11)14-16-8-2-10-18-14/h11-12H,1-10H2. The van der Waals surface area contributed by atoms with Gasteiger partial charge in [-0.05, 0) is 25.7 Å².